The van der Waals surface area contributed by atoms with Crippen molar-refractivity contribution in [2.75, 3.05) is 19.1 Å². The minimum atomic E-state index is -0.379. The zero-order valence-corrected chi connectivity index (χ0v) is 11.2. The SMILES string of the molecule is CSCC[C@@H](N)C(=O)N(C)Cc1ccccc1. The first kappa shape index (κ1) is 14.1. The fraction of sp³-hybridized carbons (Fsp3) is 0.462. The molecule has 0 fully saturated rings. The van der Waals surface area contributed by atoms with Gasteiger partial charge in [0, 0.05) is 13.6 Å². The number of amides is 1. The average Bonchev–Trinajstić information content (AvgIpc) is 2.36. The molecule has 0 aliphatic carbocycles. The van der Waals surface area contributed by atoms with Crippen LogP contribution < -0.4 is 5.73 Å². The second-order valence-corrected chi connectivity index (χ2v) is 5.05. The Kier molecular flexibility index (Phi) is 6.08. The fourth-order valence-electron chi connectivity index (χ4n) is 1.59. The Hall–Kier alpha value is -1.00. The molecule has 0 radical (unpaired) electrons. The quantitative estimate of drug-likeness (QED) is 0.838. The topological polar surface area (TPSA) is 46.3 Å². The molecule has 4 heteroatoms. The van der Waals surface area contributed by atoms with Crippen LogP contribution in [0.3, 0.4) is 0 Å². The highest BCUT2D eigenvalue weighted by atomic mass is 32.2. The Balaban J connectivity index is 2.47. The molecule has 0 saturated carbocycles. The number of thioether (sulfide) groups is 1. The predicted octanol–water partition coefficient (Wildman–Crippen LogP) is 1.73. The van der Waals surface area contributed by atoms with Crippen LogP contribution in [-0.2, 0) is 11.3 Å². The van der Waals surface area contributed by atoms with E-state index in [9.17, 15) is 4.79 Å². The first-order valence-corrected chi connectivity index (χ1v) is 7.08. The van der Waals surface area contributed by atoms with E-state index in [1.807, 2.05) is 36.6 Å². The second-order valence-electron chi connectivity index (χ2n) is 4.07. The van der Waals surface area contributed by atoms with Crippen LogP contribution in [0.4, 0.5) is 0 Å². The molecule has 94 valence electrons. The van der Waals surface area contributed by atoms with Gasteiger partial charge in [-0.2, -0.15) is 11.8 Å². The average molecular weight is 252 g/mol. The molecule has 1 aromatic rings. The summed E-state index contributed by atoms with van der Waals surface area (Å²) in [6, 6.07) is 9.56. The van der Waals surface area contributed by atoms with Crippen LogP contribution in [0.1, 0.15) is 12.0 Å². The third-order valence-corrected chi connectivity index (χ3v) is 3.23. The number of benzene rings is 1. The van der Waals surface area contributed by atoms with Gasteiger partial charge in [-0.3, -0.25) is 4.79 Å². The summed E-state index contributed by atoms with van der Waals surface area (Å²) in [5.74, 6) is 0.939. The van der Waals surface area contributed by atoms with Gasteiger partial charge >= 0.3 is 0 Å². The van der Waals surface area contributed by atoms with Crippen LogP contribution in [0.15, 0.2) is 30.3 Å². The highest BCUT2D eigenvalue weighted by molar-refractivity contribution is 7.98. The Morgan fingerprint density at radius 3 is 2.65 bits per heavy atom. The molecule has 1 amide bonds. The van der Waals surface area contributed by atoms with Gasteiger partial charge in [0.1, 0.15) is 0 Å². The molecule has 0 spiro atoms. The summed E-state index contributed by atoms with van der Waals surface area (Å²) in [6.45, 7) is 0.618. The maximum absolute atomic E-state index is 11.9. The summed E-state index contributed by atoms with van der Waals surface area (Å²) < 4.78 is 0. The lowest BCUT2D eigenvalue weighted by Gasteiger charge is -2.21. The Bertz CT molecular complexity index is 343. The Morgan fingerprint density at radius 1 is 1.41 bits per heavy atom. The highest BCUT2D eigenvalue weighted by Gasteiger charge is 2.17. The van der Waals surface area contributed by atoms with E-state index in [-0.39, 0.29) is 11.9 Å². The summed E-state index contributed by atoms with van der Waals surface area (Å²) in [7, 11) is 1.80. The van der Waals surface area contributed by atoms with Crippen LogP contribution in [-0.4, -0.2) is 35.9 Å². The van der Waals surface area contributed by atoms with Gasteiger partial charge in [0.05, 0.1) is 6.04 Å². The molecule has 17 heavy (non-hydrogen) atoms. The summed E-state index contributed by atoms with van der Waals surface area (Å²) in [5, 5.41) is 0. The van der Waals surface area contributed by atoms with Crippen LogP contribution >= 0.6 is 11.8 Å². The smallest absolute Gasteiger partial charge is 0.239 e. The van der Waals surface area contributed by atoms with E-state index < -0.39 is 0 Å². The highest BCUT2D eigenvalue weighted by Crippen LogP contribution is 2.06. The van der Waals surface area contributed by atoms with Gasteiger partial charge in [-0.15, -0.1) is 0 Å². The molecule has 2 N–H and O–H groups in total. The van der Waals surface area contributed by atoms with Crippen LogP contribution in [0.25, 0.3) is 0 Å². The lowest BCUT2D eigenvalue weighted by molar-refractivity contribution is -0.131. The molecule has 0 aliphatic rings. The van der Waals surface area contributed by atoms with Crippen molar-refractivity contribution in [2.24, 2.45) is 5.73 Å². The molecule has 0 aromatic heterocycles. The standard InChI is InChI=1S/C13H20N2OS/c1-15(10-11-6-4-3-5-7-11)13(16)12(14)8-9-17-2/h3-7,12H,8-10,14H2,1-2H3/t12-/m1/s1. The predicted molar refractivity (Wildman–Crippen MR) is 73.9 cm³/mol. The zero-order chi connectivity index (χ0) is 12.7. The first-order valence-electron chi connectivity index (χ1n) is 5.68. The summed E-state index contributed by atoms with van der Waals surface area (Å²) in [6.07, 6.45) is 2.75. The largest absolute Gasteiger partial charge is 0.340 e. The van der Waals surface area contributed by atoms with Crippen molar-refractivity contribution >= 4 is 17.7 Å². The minimum Gasteiger partial charge on any atom is -0.340 e. The van der Waals surface area contributed by atoms with E-state index in [0.29, 0.717) is 6.54 Å². The molecule has 1 rings (SSSR count). The van der Waals surface area contributed by atoms with Crippen molar-refractivity contribution in [2.45, 2.75) is 19.0 Å². The first-order chi connectivity index (χ1) is 8.15. The summed E-state index contributed by atoms with van der Waals surface area (Å²) in [5.41, 5.74) is 6.98. The van der Waals surface area contributed by atoms with Crippen molar-refractivity contribution in [3.8, 4) is 0 Å². The molecular formula is C13H20N2OS. The molecule has 0 aliphatic heterocycles. The van der Waals surface area contributed by atoms with Crippen molar-refractivity contribution in [1.82, 2.24) is 4.90 Å². The van der Waals surface area contributed by atoms with E-state index in [2.05, 4.69) is 0 Å². The van der Waals surface area contributed by atoms with Gasteiger partial charge in [0.25, 0.3) is 0 Å². The lowest BCUT2D eigenvalue weighted by Crippen LogP contribution is -2.41. The number of nitrogens with zero attached hydrogens (tertiary/aromatic N) is 1. The van der Waals surface area contributed by atoms with Gasteiger partial charge in [0.2, 0.25) is 5.91 Å². The number of likely N-dealkylation sites (N-methyl/N-ethyl adjacent to an activating group) is 1. The summed E-state index contributed by atoms with van der Waals surface area (Å²) >= 11 is 1.71. The van der Waals surface area contributed by atoms with Crippen LogP contribution in [0.5, 0.6) is 0 Å². The van der Waals surface area contributed by atoms with Crippen molar-refractivity contribution in [3.05, 3.63) is 35.9 Å². The van der Waals surface area contributed by atoms with Crippen molar-refractivity contribution in [1.29, 1.82) is 0 Å². The van der Waals surface area contributed by atoms with Gasteiger partial charge in [0.15, 0.2) is 0 Å². The van der Waals surface area contributed by atoms with Crippen molar-refractivity contribution < 1.29 is 4.79 Å². The number of hydrogen-bond donors (Lipinski definition) is 1. The van der Waals surface area contributed by atoms with Gasteiger partial charge in [-0.25, -0.2) is 0 Å². The third kappa shape index (κ3) is 4.79. The van der Waals surface area contributed by atoms with E-state index in [4.69, 9.17) is 5.73 Å². The maximum atomic E-state index is 11.9. The number of carbonyl (C=O) groups is 1. The molecule has 1 atom stereocenters. The maximum Gasteiger partial charge on any atom is 0.239 e. The van der Waals surface area contributed by atoms with Crippen molar-refractivity contribution in [3.63, 3.8) is 0 Å². The zero-order valence-electron chi connectivity index (χ0n) is 10.4. The van der Waals surface area contributed by atoms with Crippen LogP contribution in [0, 0.1) is 0 Å². The van der Waals surface area contributed by atoms with E-state index >= 15 is 0 Å². The Morgan fingerprint density at radius 2 is 2.06 bits per heavy atom. The molecule has 0 bridgehead atoms. The fourth-order valence-corrected chi connectivity index (χ4v) is 2.08. The normalized spacial score (nSPS) is 12.2. The summed E-state index contributed by atoms with van der Waals surface area (Å²) in [4.78, 5) is 13.6. The van der Waals surface area contributed by atoms with E-state index in [0.717, 1.165) is 17.7 Å². The lowest BCUT2D eigenvalue weighted by atomic mass is 10.2. The van der Waals surface area contributed by atoms with Gasteiger partial charge in [-0.1, -0.05) is 30.3 Å². The molecule has 3 nitrogen and oxygen atoms in total. The molecule has 1 aromatic carbocycles. The number of rotatable bonds is 6. The van der Waals surface area contributed by atoms with E-state index in [1.165, 1.54) is 0 Å². The molecule has 0 saturated heterocycles. The van der Waals surface area contributed by atoms with E-state index in [1.54, 1.807) is 23.7 Å². The number of carbonyl (C=O) groups excluding carboxylic acids is 1. The number of hydrogen-bond acceptors (Lipinski definition) is 3. The molecular weight excluding hydrogens is 232 g/mol. The number of nitrogens with two attached hydrogens (primary N) is 1. The van der Waals surface area contributed by atoms with Gasteiger partial charge < -0.3 is 10.6 Å². The third-order valence-electron chi connectivity index (χ3n) is 2.59. The molecule has 0 unspecified atom stereocenters. The monoisotopic (exact) mass is 252 g/mol. The Labute approximate surface area is 107 Å². The van der Waals surface area contributed by atoms with Crippen LogP contribution in [0.2, 0.25) is 0 Å². The molecule has 0 heterocycles. The minimum absolute atomic E-state index is 0.0166. The van der Waals surface area contributed by atoms with Gasteiger partial charge in [-0.05, 0) is 24.0 Å². The second kappa shape index (κ2) is 7.35.